The first kappa shape index (κ1) is 14.6. The van der Waals surface area contributed by atoms with E-state index in [2.05, 4.69) is 49.9 Å². The fraction of sp³-hybridized carbons (Fsp3) is 0.333. The Labute approximate surface area is 121 Å². The van der Waals surface area contributed by atoms with Gasteiger partial charge in [0.25, 0.3) is 0 Å². The molecule has 2 aromatic rings. The monoisotopic (exact) mass is 270 g/mol. The molecule has 0 heterocycles. The van der Waals surface area contributed by atoms with E-state index in [1.54, 1.807) is 0 Å². The lowest BCUT2D eigenvalue weighted by molar-refractivity contribution is -0.137. The number of hydrogen-bond donors (Lipinski definition) is 1. The molecular formula is C18H22O2. The van der Waals surface area contributed by atoms with Crippen LogP contribution in [0.15, 0.2) is 42.5 Å². The minimum Gasteiger partial charge on any atom is -0.339 e. The number of benzene rings is 2. The fourth-order valence-electron chi connectivity index (χ4n) is 2.48. The summed E-state index contributed by atoms with van der Waals surface area (Å²) in [6, 6.07) is 14.4. The van der Waals surface area contributed by atoms with Gasteiger partial charge in [0.1, 0.15) is 0 Å². The van der Waals surface area contributed by atoms with Crippen LogP contribution in [0.3, 0.4) is 0 Å². The molecule has 0 spiro atoms. The summed E-state index contributed by atoms with van der Waals surface area (Å²) in [5.41, 5.74) is 4.35. The number of rotatable bonds is 5. The van der Waals surface area contributed by atoms with Gasteiger partial charge in [-0.2, -0.15) is 0 Å². The van der Waals surface area contributed by atoms with Crippen LogP contribution in [0.4, 0.5) is 0 Å². The van der Waals surface area contributed by atoms with Crippen molar-refractivity contribution < 1.29 is 10.1 Å². The highest BCUT2D eigenvalue weighted by Crippen LogP contribution is 2.36. The molecule has 0 aliphatic rings. The van der Waals surface area contributed by atoms with Crippen molar-refractivity contribution >= 4 is 0 Å². The van der Waals surface area contributed by atoms with Crippen LogP contribution in [0, 0.1) is 0 Å². The highest BCUT2D eigenvalue weighted by molar-refractivity contribution is 5.72. The molecular weight excluding hydrogens is 248 g/mol. The summed E-state index contributed by atoms with van der Waals surface area (Å²) in [7, 11) is 0. The molecule has 0 saturated carbocycles. The van der Waals surface area contributed by atoms with Crippen molar-refractivity contribution in [3.8, 4) is 16.9 Å². The lowest BCUT2D eigenvalue weighted by atomic mass is 9.95. The van der Waals surface area contributed by atoms with Gasteiger partial charge in [0, 0.05) is 11.1 Å². The molecule has 0 fully saturated rings. The summed E-state index contributed by atoms with van der Waals surface area (Å²) >= 11 is 0. The summed E-state index contributed by atoms with van der Waals surface area (Å²) in [6.07, 6.45) is 2.24. The maximum Gasteiger partial charge on any atom is 0.176 e. The molecule has 0 aliphatic heterocycles. The van der Waals surface area contributed by atoms with Gasteiger partial charge in [0.15, 0.2) is 5.75 Å². The fourth-order valence-corrected chi connectivity index (χ4v) is 2.48. The van der Waals surface area contributed by atoms with E-state index in [0.29, 0.717) is 11.7 Å². The molecule has 0 amide bonds. The van der Waals surface area contributed by atoms with Gasteiger partial charge in [-0.25, -0.2) is 5.26 Å². The zero-order valence-corrected chi connectivity index (χ0v) is 12.4. The molecule has 2 heteroatoms. The van der Waals surface area contributed by atoms with Crippen LogP contribution in [-0.4, -0.2) is 5.26 Å². The SMILES string of the molecule is CCCc1ccc(-c2cccc(C(C)C)c2OO)cc1. The molecule has 20 heavy (non-hydrogen) atoms. The average molecular weight is 270 g/mol. The Hall–Kier alpha value is -1.80. The van der Waals surface area contributed by atoms with E-state index < -0.39 is 0 Å². The Kier molecular flexibility index (Phi) is 4.80. The maximum atomic E-state index is 9.25. The van der Waals surface area contributed by atoms with E-state index in [1.165, 1.54) is 5.56 Å². The van der Waals surface area contributed by atoms with Crippen LogP contribution >= 0.6 is 0 Å². The Morgan fingerprint density at radius 3 is 2.30 bits per heavy atom. The summed E-state index contributed by atoms with van der Waals surface area (Å²) < 4.78 is 0. The van der Waals surface area contributed by atoms with Gasteiger partial charge in [0.05, 0.1) is 0 Å². The third kappa shape index (κ3) is 3.02. The normalized spacial score (nSPS) is 10.8. The third-order valence-corrected chi connectivity index (χ3v) is 3.56. The van der Waals surface area contributed by atoms with Crippen LogP contribution in [0.25, 0.3) is 11.1 Å². The first-order chi connectivity index (χ1) is 9.67. The minimum atomic E-state index is 0.302. The van der Waals surface area contributed by atoms with Crippen molar-refractivity contribution in [3.05, 3.63) is 53.6 Å². The van der Waals surface area contributed by atoms with Gasteiger partial charge in [-0.15, -0.1) is 0 Å². The topological polar surface area (TPSA) is 29.5 Å². The molecule has 0 unspecified atom stereocenters. The molecule has 2 nitrogen and oxygen atoms in total. The summed E-state index contributed by atoms with van der Waals surface area (Å²) in [5, 5.41) is 9.25. The van der Waals surface area contributed by atoms with E-state index in [4.69, 9.17) is 0 Å². The predicted octanol–water partition coefficient (Wildman–Crippen LogP) is 5.28. The zero-order chi connectivity index (χ0) is 14.5. The third-order valence-electron chi connectivity index (χ3n) is 3.56. The molecule has 1 N–H and O–H groups in total. The predicted molar refractivity (Wildman–Crippen MR) is 83.2 cm³/mol. The Morgan fingerprint density at radius 2 is 1.75 bits per heavy atom. The first-order valence-electron chi connectivity index (χ1n) is 7.21. The summed E-state index contributed by atoms with van der Waals surface area (Å²) in [4.78, 5) is 4.67. The van der Waals surface area contributed by atoms with Crippen molar-refractivity contribution in [1.82, 2.24) is 0 Å². The van der Waals surface area contributed by atoms with E-state index in [0.717, 1.165) is 29.5 Å². The van der Waals surface area contributed by atoms with Gasteiger partial charge < -0.3 is 4.89 Å². The highest BCUT2D eigenvalue weighted by atomic mass is 17.1. The summed E-state index contributed by atoms with van der Waals surface area (Å²) in [5.74, 6) is 0.863. The number of aryl methyl sites for hydroxylation is 1. The average Bonchev–Trinajstić information content (AvgIpc) is 2.47. The van der Waals surface area contributed by atoms with Crippen LogP contribution < -0.4 is 4.89 Å². The van der Waals surface area contributed by atoms with Crippen molar-refractivity contribution in [2.24, 2.45) is 0 Å². The van der Waals surface area contributed by atoms with E-state index >= 15 is 0 Å². The van der Waals surface area contributed by atoms with Gasteiger partial charge in [-0.1, -0.05) is 69.7 Å². The Morgan fingerprint density at radius 1 is 1.05 bits per heavy atom. The van der Waals surface area contributed by atoms with Gasteiger partial charge in [0.2, 0.25) is 0 Å². The molecule has 0 radical (unpaired) electrons. The van der Waals surface area contributed by atoms with E-state index in [9.17, 15) is 5.26 Å². The largest absolute Gasteiger partial charge is 0.339 e. The van der Waals surface area contributed by atoms with Crippen LogP contribution in [0.2, 0.25) is 0 Å². The lowest BCUT2D eigenvalue weighted by Gasteiger charge is -2.14. The molecule has 106 valence electrons. The highest BCUT2D eigenvalue weighted by Gasteiger charge is 2.14. The van der Waals surface area contributed by atoms with Crippen molar-refractivity contribution in [3.63, 3.8) is 0 Å². The first-order valence-corrected chi connectivity index (χ1v) is 7.21. The quantitative estimate of drug-likeness (QED) is 0.591. The van der Waals surface area contributed by atoms with Crippen molar-refractivity contribution in [2.75, 3.05) is 0 Å². The smallest absolute Gasteiger partial charge is 0.176 e. The Balaban J connectivity index is 2.44. The van der Waals surface area contributed by atoms with E-state index in [-0.39, 0.29) is 0 Å². The second kappa shape index (κ2) is 6.58. The minimum absolute atomic E-state index is 0.302. The van der Waals surface area contributed by atoms with E-state index in [1.807, 2.05) is 18.2 Å². The molecule has 0 saturated heterocycles. The van der Waals surface area contributed by atoms with Gasteiger partial charge in [-0.3, -0.25) is 0 Å². The molecule has 2 aromatic carbocycles. The molecule has 0 atom stereocenters. The molecule has 0 aromatic heterocycles. The number of para-hydroxylation sites is 1. The van der Waals surface area contributed by atoms with Gasteiger partial charge in [-0.05, 0) is 23.5 Å². The van der Waals surface area contributed by atoms with Crippen molar-refractivity contribution in [2.45, 2.75) is 39.5 Å². The standard InChI is InChI=1S/C18H22O2/c1-4-6-14-9-11-15(12-10-14)17-8-5-7-16(13(2)3)18(17)20-19/h5,7-13,19H,4,6H2,1-3H3. The van der Waals surface area contributed by atoms with Crippen molar-refractivity contribution in [1.29, 1.82) is 0 Å². The van der Waals surface area contributed by atoms with Gasteiger partial charge >= 0.3 is 0 Å². The molecule has 2 rings (SSSR count). The van der Waals surface area contributed by atoms with Crippen LogP contribution in [-0.2, 0) is 6.42 Å². The maximum absolute atomic E-state index is 9.25. The molecule has 0 bridgehead atoms. The zero-order valence-electron chi connectivity index (χ0n) is 12.4. The lowest BCUT2D eigenvalue weighted by Crippen LogP contribution is -1.97. The second-order valence-corrected chi connectivity index (χ2v) is 5.42. The van der Waals surface area contributed by atoms with Crippen LogP contribution in [0.1, 0.15) is 44.2 Å². The Bertz CT molecular complexity index is 556. The summed E-state index contributed by atoms with van der Waals surface area (Å²) in [6.45, 7) is 6.36. The van der Waals surface area contributed by atoms with Crippen LogP contribution in [0.5, 0.6) is 5.75 Å². The second-order valence-electron chi connectivity index (χ2n) is 5.42. The number of hydrogen-bond acceptors (Lipinski definition) is 2. The molecule has 0 aliphatic carbocycles.